The van der Waals surface area contributed by atoms with E-state index in [0.29, 0.717) is 25.6 Å². The lowest BCUT2D eigenvalue weighted by atomic mass is 10.1. The van der Waals surface area contributed by atoms with Crippen LogP contribution in [0.15, 0.2) is 18.2 Å². The van der Waals surface area contributed by atoms with Crippen LogP contribution in [0, 0.1) is 17.6 Å². The summed E-state index contributed by atoms with van der Waals surface area (Å²) in [5.41, 5.74) is 0.138. The minimum absolute atomic E-state index is 0.138. The van der Waals surface area contributed by atoms with E-state index in [-0.39, 0.29) is 11.5 Å². The average Bonchev–Trinajstić information content (AvgIpc) is 2.91. The Kier molecular flexibility index (Phi) is 4.11. The van der Waals surface area contributed by atoms with Gasteiger partial charge < -0.3 is 9.47 Å². The zero-order valence-electron chi connectivity index (χ0n) is 13.1. The van der Waals surface area contributed by atoms with Gasteiger partial charge >= 0.3 is 0 Å². The highest BCUT2D eigenvalue weighted by Crippen LogP contribution is 2.18. The zero-order valence-corrected chi connectivity index (χ0v) is 13.1. The number of carbonyl (C=O) groups excluding carboxylic acids is 1. The number of benzene rings is 1. The summed E-state index contributed by atoms with van der Waals surface area (Å²) in [4.78, 5) is 14.0. The summed E-state index contributed by atoms with van der Waals surface area (Å²) in [6.45, 7) is 5.66. The van der Waals surface area contributed by atoms with Crippen molar-refractivity contribution in [3.8, 4) is 0 Å². The van der Waals surface area contributed by atoms with Gasteiger partial charge in [0.25, 0.3) is 5.91 Å². The third kappa shape index (κ3) is 3.09. The molecule has 5 nitrogen and oxygen atoms in total. The Morgan fingerprint density at radius 3 is 2.70 bits per heavy atom. The number of nitrogens with zero attached hydrogens (tertiary/aromatic N) is 4. The Hall–Kier alpha value is -2.31. The quantitative estimate of drug-likeness (QED) is 0.873. The highest BCUT2D eigenvalue weighted by Gasteiger charge is 2.25. The molecule has 0 spiro atoms. The second-order valence-corrected chi connectivity index (χ2v) is 6.14. The molecule has 1 aromatic heterocycles. The maximum Gasteiger partial charge on any atom is 0.254 e. The smallest absolute Gasteiger partial charge is 0.254 e. The van der Waals surface area contributed by atoms with Crippen molar-refractivity contribution in [2.24, 2.45) is 5.92 Å². The minimum atomic E-state index is -1.02. The Balaban J connectivity index is 1.77. The van der Waals surface area contributed by atoms with E-state index in [1.54, 1.807) is 4.90 Å². The van der Waals surface area contributed by atoms with E-state index in [4.69, 9.17) is 0 Å². The number of hydrogen-bond donors (Lipinski definition) is 0. The predicted molar refractivity (Wildman–Crippen MR) is 79.7 cm³/mol. The molecule has 2 aromatic rings. The van der Waals surface area contributed by atoms with Gasteiger partial charge in [-0.2, -0.15) is 0 Å². The van der Waals surface area contributed by atoms with E-state index < -0.39 is 11.6 Å². The van der Waals surface area contributed by atoms with Crippen molar-refractivity contribution in [1.29, 1.82) is 0 Å². The third-order valence-corrected chi connectivity index (χ3v) is 3.87. The average molecular weight is 320 g/mol. The molecule has 23 heavy (non-hydrogen) atoms. The van der Waals surface area contributed by atoms with Crippen LogP contribution in [-0.2, 0) is 19.5 Å². The van der Waals surface area contributed by atoms with Crippen molar-refractivity contribution in [2.45, 2.75) is 33.4 Å². The summed E-state index contributed by atoms with van der Waals surface area (Å²) in [6, 6.07) is 3.20. The fourth-order valence-corrected chi connectivity index (χ4v) is 2.72. The molecule has 0 aliphatic carbocycles. The first-order valence-corrected chi connectivity index (χ1v) is 7.61. The molecule has 0 atom stereocenters. The summed E-state index contributed by atoms with van der Waals surface area (Å²) < 4.78 is 28.3. The third-order valence-electron chi connectivity index (χ3n) is 3.87. The highest BCUT2D eigenvalue weighted by atomic mass is 19.2. The van der Waals surface area contributed by atoms with Crippen LogP contribution in [0.4, 0.5) is 8.78 Å². The van der Waals surface area contributed by atoms with E-state index in [2.05, 4.69) is 24.0 Å². The minimum Gasteiger partial charge on any atom is -0.329 e. The van der Waals surface area contributed by atoms with Crippen LogP contribution in [0.2, 0.25) is 0 Å². The second-order valence-electron chi connectivity index (χ2n) is 6.14. The fraction of sp³-hybridized carbons (Fsp3) is 0.438. The number of rotatable bonds is 3. The highest BCUT2D eigenvalue weighted by molar-refractivity contribution is 5.94. The standard InChI is InChI=1S/C16H18F2N4O/c1-10(2)7-14-19-20-15-9-21(5-6-22(14)15)16(23)11-3-4-12(17)13(18)8-11/h3-4,8,10H,5-7,9H2,1-2H3. The molecule has 0 unspecified atom stereocenters. The van der Waals surface area contributed by atoms with E-state index in [1.807, 2.05) is 4.57 Å². The van der Waals surface area contributed by atoms with E-state index in [1.165, 1.54) is 6.07 Å². The molecule has 0 fully saturated rings. The maximum absolute atomic E-state index is 13.3. The van der Waals surface area contributed by atoms with Crippen LogP contribution in [-0.4, -0.2) is 32.1 Å². The lowest BCUT2D eigenvalue weighted by molar-refractivity contribution is 0.0705. The van der Waals surface area contributed by atoms with E-state index in [0.717, 1.165) is 30.2 Å². The van der Waals surface area contributed by atoms with E-state index >= 15 is 0 Å². The van der Waals surface area contributed by atoms with Crippen LogP contribution < -0.4 is 0 Å². The molecular weight excluding hydrogens is 302 g/mol. The number of halogens is 2. The fourth-order valence-electron chi connectivity index (χ4n) is 2.72. The molecule has 122 valence electrons. The van der Waals surface area contributed by atoms with Gasteiger partial charge in [-0.15, -0.1) is 10.2 Å². The lowest BCUT2D eigenvalue weighted by Gasteiger charge is -2.28. The van der Waals surface area contributed by atoms with Crippen LogP contribution in [0.25, 0.3) is 0 Å². The first-order valence-electron chi connectivity index (χ1n) is 7.61. The van der Waals surface area contributed by atoms with E-state index in [9.17, 15) is 13.6 Å². The van der Waals surface area contributed by atoms with Gasteiger partial charge in [0.2, 0.25) is 0 Å². The number of fused-ring (bicyclic) bond motifs is 1. The zero-order chi connectivity index (χ0) is 16.6. The number of amides is 1. The molecule has 0 bridgehead atoms. The van der Waals surface area contributed by atoms with Gasteiger partial charge in [0, 0.05) is 25.1 Å². The molecular formula is C16H18F2N4O. The van der Waals surface area contributed by atoms with Crippen LogP contribution in [0.1, 0.15) is 35.9 Å². The Labute approximate surface area is 132 Å². The van der Waals surface area contributed by atoms with Gasteiger partial charge in [0.05, 0.1) is 6.54 Å². The molecule has 3 rings (SSSR count). The topological polar surface area (TPSA) is 51.0 Å². The molecule has 0 saturated heterocycles. The number of aromatic nitrogens is 3. The lowest BCUT2D eigenvalue weighted by Crippen LogP contribution is -2.39. The van der Waals surface area contributed by atoms with Crippen molar-refractivity contribution in [2.75, 3.05) is 6.54 Å². The number of carbonyl (C=O) groups is 1. The molecule has 1 aromatic carbocycles. The molecule has 1 aliphatic rings. The summed E-state index contributed by atoms with van der Waals surface area (Å²) >= 11 is 0. The maximum atomic E-state index is 13.3. The van der Waals surface area contributed by atoms with Gasteiger partial charge in [0.1, 0.15) is 5.82 Å². The Morgan fingerprint density at radius 1 is 1.22 bits per heavy atom. The van der Waals surface area contributed by atoms with Crippen LogP contribution >= 0.6 is 0 Å². The second kappa shape index (κ2) is 6.06. The van der Waals surface area contributed by atoms with Crippen molar-refractivity contribution in [3.63, 3.8) is 0 Å². The Bertz CT molecular complexity index is 742. The first-order chi connectivity index (χ1) is 11.0. The van der Waals surface area contributed by atoms with Crippen molar-refractivity contribution in [1.82, 2.24) is 19.7 Å². The van der Waals surface area contributed by atoms with Gasteiger partial charge in [-0.1, -0.05) is 13.8 Å². The monoisotopic (exact) mass is 320 g/mol. The summed E-state index contributed by atoms with van der Waals surface area (Å²) in [6.07, 6.45) is 0.837. The van der Waals surface area contributed by atoms with Crippen molar-refractivity contribution >= 4 is 5.91 Å². The molecule has 0 N–H and O–H groups in total. The van der Waals surface area contributed by atoms with Gasteiger partial charge in [0.15, 0.2) is 17.5 Å². The molecule has 7 heteroatoms. The molecule has 0 radical (unpaired) electrons. The van der Waals surface area contributed by atoms with Crippen molar-refractivity contribution in [3.05, 3.63) is 47.0 Å². The number of hydrogen-bond acceptors (Lipinski definition) is 3. The Morgan fingerprint density at radius 2 is 2.00 bits per heavy atom. The largest absolute Gasteiger partial charge is 0.329 e. The molecule has 0 saturated carbocycles. The SMILES string of the molecule is CC(C)Cc1nnc2n1CCN(C(=O)c1ccc(F)c(F)c1)C2. The molecule has 1 aliphatic heterocycles. The summed E-state index contributed by atoms with van der Waals surface area (Å²) in [7, 11) is 0. The van der Waals surface area contributed by atoms with Gasteiger partial charge in [-0.05, 0) is 24.1 Å². The normalized spacial score (nSPS) is 14.2. The van der Waals surface area contributed by atoms with Gasteiger partial charge in [-0.25, -0.2) is 8.78 Å². The first kappa shape index (κ1) is 15.6. The predicted octanol–water partition coefficient (Wildman–Crippen LogP) is 2.41. The molecule has 2 heterocycles. The summed E-state index contributed by atoms with van der Waals surface area (Å²) in [5.74, 6) is -0.181. The molecule has 1 amide bonds. The van der Waals surface area contributed by atoms with Gasteiger partial charge in [-0.3, -0.25) is 4.79 Å². The van der Waals surface area contributed by atoms with Crippen molar-refractivity contribution < 1.29 is 13.6 Å². The summed E-state index contributed by atoms with van der Waals surface area (Å²) in [5, 5.41) is 8.35. The van der Waals surface area contributed by atoms with Crippen LogP contribution in [0.5, 0.6) is 0 Å². The van der Waals surface area contributed by atoms with Crippen LogP contribution in [0.3, 0.4) is 0 Å².